The maximum Gasteiger partial charge on any atom is 0.162 e. The van der Waals surface area contributed by atoms with E-state index in [-0.39, 0.29) is 5.54 Å². The molecule has 0 spiro atoms. The number of nitrogens with zero attached hydrogens (tertiary/aromatic N) is 2. The Morgan fingerprint density at radius 1 is 0.900 bits per heavy atom. The molecule has 0 radical (unpaired) electrons. The van der Waals surface area contributed by atoms with Crippen LogP contribution in [0.3, 0.4) is 0 Å². The molecule has 0 N–H and O–H groups in total. The summed E-state index contributed by atoms with van der Waals surface area (Å²) >= 11 is 0. The smallest absolute Gasteiger partial charge is 0.162 e. The van der Waals surface area contributed by atoms with Crippen molar-refractivity contribution in [2.45, 2.75) is 44.7 Å². The van der Waals surface area contributed by atoms with Crippen LogP contribution in [0.15, 0.2) is 42.5 Å². The molecule has 0 aliphatic heterocycles. The number of hydrogen-bond acceptors (Lipinski definition) is 5. The lowest BCUT2D eigenvalue weighted by Crippen LogP contribution is -2.46. The summed E-state index contributed by atoms with van der Waals surface area (Å²) in [6.45, 7) is 4.65. The van der Waals surface area contributed by atoms with Gasteiger partial charge < -0.3 is 24.0 Å². The zero-order chi connectivity index (χ0) is 21.6. The number of anilines is 1. The Morgan fingerprint density at radius 3 is 2.13 bits per heavy atom. The molecule has 5 heteroatoms. The van der Waals surface area contributed by atoms with E-state index in [0.29, 0.717) is 0 Å². The second kappa shape index (κ2) is 10.1. The minimum absolute atomic E-state index is 0.186. The molecule has 0 atom stereocenters. The average Bonchev–Trinajstić information content (AvgIpc) is 3.27. The van der Waals surface area contributed by atoms with Crippen LogP contribution in [0.2, 0.25) is 0 Å². The summed E-state index contributed by atoms with van der Waals surface area (Å²) in [5.74, 6) is 2.44. The van der Waals surface area contributed by atoms with Gasteiger partial charge in [0.1, 0.15) is 12.4 Å². The first kappa shape index (κ1) is 22.3. The number of likely N-dealkylation sites (N-methyl/N-ethyl adjacent to an activating group) is 1. The van der Waals surface area contributed by atoms with E-state index in [4.69, 9.17) is 14.2 Å². The fourth-order valence-electron chi connectivity index (χ4n) is 4.29. The molecule has 0 aromatic heterocycles. The second-order valence-electron chi connectivity index (χ2n) is 8.31. The van der Waals surface area contributed by atoms with Gasteiger partial charge in [0, 0.05) is 24.8 Å². The minimum atomic E-state index is 0.186. The molecule has 164 valence electrons. The van der Waals surface area contributed by atoms with Crippen molar-refractivity contribution in [1.29, 1.82) is 0 Å². The lowest BCUT2D eigenvalue weighted by molar-refractivity contribution is 0.0865. The Bertz CT molecular complexity index is 799. The van der Waals surface area contributed by atoms with Gasteiger partial charge in [0.25, 0.3) is 0 Å². The third-order valence-electron chi connectivity index (χ3n) is 6.40. The molecule has 3 rings (SSSR count). The average molecular weight is 413 g/mol. The molecular weight excluding hydrogens is 376 g/mol. The number of hydrogen-bond donors (Lipinski definition) is 0. The second-order valence-corrected chi connectivity index (χ2v) is 8.31. The SMILES string of the molecule is CCN(Cc1ccc(OCC2(N(C)C)CCCC2)cc1)c1ccc(OC)c(OC)c1. The van der Waals surface area contributed by atoms with Gasteiger partial charge in [-0.3, -0.25) is 0 Å². The molecule has 0 heterocycles. The van der Waals surface area contributed by atoms with E-state index < -0.39 is 0 Å². The lowest BCUT2D eigenvalue weighted by Gasteiger charge is -2.36. The van der Waals surface area contributed by atoms with Gasteiger partial charge in [0.2, 0.25) is 0 Å². The quantitative estimate of drug-likeness (QED) is 0.550. The molecular formula is C25H36N2O3. The van der Waals surface area contributed by atoms with Gasteiger partial charge in [0.05, 0.1) is 19.8 Å². The molecule has 2 aromatic carbocycles. The van der Waals surface area contributed by atoms with Crippen LogP contribution < -0.4 is 19.1 Å². The molecule has 0 bridgehead atoms. The minimum Gasteiger partial charge on any atom is -0.493 e. The predicted octanol–water partition coefficient (Wildman–Crippen LogP) is 4.98. The van der Waals surface area contributed by atoms with Crippen molar-refractivity contribution < 1.29 is 14.2 Å². The van der Waals surface area contributed by atoms with E-state index in [2.05, 4.69) is 61.2 Å². The van der Waals surface area contributed by atoms with Crippen LogP contribution in [0.25, 0.3) is 0 Å². The first-order chi connectivity index (χ1) is 14.5. The highest BCUT2D eigenvalue weighted by Crippen LogP contribution is 2.35. The van der Waals surface area contributed by atoms with Crippen molar-refractivity contribution in [1.82, 2.24) is 4.90 Å². The molecule has 0 amide bonds. The molecule has 1 aliphatic rings. The largest absolute Gasteiger partial charge is 0.493 e. The highest BCUT2D eigenvalue weighted by molar-refractivity contribution is 5.56. The van der Waals surface area contributed by atoms with Crippen LogP contribution in [0.1, 0.15) is 38.2 Å². The van der Waals surface area contributed by atoms with Gasteiger partial charge in [-0.2, -0.15) is 0 Å². The zero-order valence-electron chi connectivity index (χ0n) is 19.1. The first-order valence-electron chi connectivity index (χ1n) is 10.9. The number of methoxy groups -OCH3 is 2. The van der Waals surface area contributed by atoms with Crippen LogP contribution in [0.5, 0.6) is 17.2 Å². The summed E-state index contributed by atoms with van der Waals surface area (Å²) in [5, 5.41) is 0. The fraction of sp³-hybridized carbons (Fsp3) is 0.520. The van der Waals surface area contributed by atoms with Gasteiger partial charge in [-0.25, -0.2) is 0 Å². The van der Waals surface area contributed by atoms with E-state index in [0.717, 1.165) is 42.6 Å². The zero-order valence-corrected chi connectivity index (χ0v) is 19.1. The van der Waals surface area contributed by atoms with Crippen molar-refractivity contribution >= 4 is 5.69 Å². The lowest BCUT2D eigenvalue weighted by atomic mass is 9.97. The predicted molar refractivity (Wildman–Crippen MR) is 123 cm³/mol. The normalized spacial score (nSPS) is 15.3. The summed E-state index contributed by atoms with van der Waals surface area (Å²) in [6.07, 6.45) is 5.02. The van der Waals surface area contributed by atoms with E-state index in [9.17, 15) is 0 Å². The van der Waals surface area contributed by atoms with Crippen LogP contribution in [0, 0.1) is 0 Å². The first-order valence-corrected chi connectivity index (χ1v) is 10.9. The topological polar surface area (TPSA) is 34.2 Å². The van der Waals surface area contributed by atoms with Crippen LogP contribution in [-0.4, -0.2) is 51.9 Å². The maximum atomic E-state index is 6.20. The Morgan fingerprint density at radius 2 is 1.57 bits per heavy atom. The van der Waals surface area contributed by atoms with E-state index in [1.807, 2.05) is 12.1 Å². The molecule has 2 aromatic rings. The van der Waals surface area contributed by atoms with Crippen LogP contribution in [-0.2, 0) is 6.54 Å². The molecule has 1 aliphatic carbocycles. The summed E-state index contributed by atoms with van der Waals surface area (Å²) in [4.78, 5) is 4.66. The van der Waals surface area contributed by atoms with Gasteiger partial charge in [-0.05, 0) is 63.7 Å². The molecule has 0 saturated heterocycles. The van der Waals surface area contributed by atoms with Crippen molar-refractivity contribution in [3.63, 3.8) is 0 Å². The van der Waals surface area contributed by atoms with Crippen molar-refractivity contribution in [2.75, 3.05) is 46.4 Å². The monoisotopic (exact) mass is 412 g/mol. The maximum absolute atomic E-state index is 6.20. The van der Waals surface area contributed by atoms with Gasteiger partial charge in [0.15, 0.2) is 11.5 Å². The van der Waals surface area contributed by atoms with E-state index >= 15 is 0 Å². The Labute approximate surface area is 181 Å². The number of ether oxygens (including phenoxy) is 3. The molecule has 0 unspecified atom stereocenters. The molecule has 30 heavy (non-hydrogen) atoms. The highest BCUT2D eigenvalue weighted by Gasteiger charge is 2.36. The van der Waals surface area contributed by atoms with Gasteiger partial charge >= 0.3 is 0 Å². The van der Waals surface area contributed by atoms with E-state index in [1.165, 1.54) is 31.2 Å². The summed E-state index contributed by atoms with van der Waals surface area (Å²) in [7, 11) is 7.67. The third kappa shape index (κ3) is 5.01. The summed E-state index contributed by atoms with van der Waals surface area (Å²) < 4.78 is 17.0. The van der Waals surface area contributed by atoms with Crippen molar-refractivity contribution in [3.05, 3.63) is 48.0 Å². The van der Waals surface area contributed by atoms with E-state index in [1.54, 1.807) is 14.2 Å². The third-order valence-corrected chi connectivity index (χ3v) is 6.40. The number of benzene rings is 2. The Balaban J connectivity index is 1.64. The van der Waals surface area contributed by atoms with Gasteiger partial charge in [-0.15, -0.1) is 0 Å². The number of rotatable bonds is 10. The summed E-state index contributed by atoms with van der Waals surface area (Å²) in [6, 6.07) is 14.6. The Kier molecular flexibility index (Phi) is 7.48. The molecule has 1 saturated carbocycles. The molecule has 5 nitrogen and oxygen atoms in total. The van der Waals surface area contributed by atoms with Crippen LogP contribution in [0.4, 0.5) is 5.69 Å². The van der Waals surface area contributed by atoms with Crippen molar-refractivity contribution in [3.8, 4) is 17.2 Å². The van der Waals surface area contributed by atoms with Crippen molar-refractivity contribution in [2.24, 2.45) is 0 Å². The fourth-order valence-corrected chi connectivity index (χ4v) is 4.29. The standard InChI is InChI=1S/C25H36N2O3/c1-6-27(21-11-14-23(28-4)24(17-21)29-5)18-20-9-12-22(13-10-20)30-19-25(26(2)3)15-7-8-16-25/h9-14,17H,6-8,15-16,18-19H2,1-5H3. The summed E-state index contributed by atoms with van der Waals surface area (Å²) in [5.41, 5.74) is 2.55. The highest BCUT2D eigenvalue weighted by atomic mass is 16.5. The molecule has 1 fully saturated rings. The Hall–Kier alpha value is -2.40. The van der Waals surface area contributed by atoms with Crippen LogP contribution >= 0.6 is 0 Å². The van der Waals surface area contributed by atoms with Gasteiger partial charge in [-0.1, -0.05) is 25.0 Å².